The van der Waals surface area contributed by atoms with Crippen molar-refractivity contribution in [2.75, 3.05) is 7.11 Å². The van der Waals surface area contributed by atoms with Crippen LogP contribution < -0.4 is 0 Å². The molecule has 1 aromatic carbocycles. The normalized spacial score (nSPS) is 22.3. The number of esters is 2. The highest BCUT2D eigenvalue weighted by Crippen LogP contribution is 2.39. The summed E-state index contributed by atoms with van der Waals surface area (Å²) >= 11 is 0. The van der Waals surface area contributed by atoms with E-state index in [0.717, 1.165) is 13.2 Å². The number of carbonyl (C=O) groups is 2. The third-order valence-corrected chi connectivity index (χ3v) is 2.55. The quantitative estimate of drug-likeness (QED) is 0.489. The van der Waals surface area contributed by atoms with Gasteiger partial charge in [0.25, 0.3) is 0 Å². The van der Waals surface area contributed by atoms with E-state index in [4.69, 9.17) is 9.99 Å². The van der Waals surface area contributed by atoms with Crippen molar-refractivity contribution in [2.45, 2.75) is 5.79 Å². The van der Waals surface area contributed by atoms with Crippen molar-refractivity contribution in [3.63, 3.8) is 0 Å². The van der Waals surface area contributed by atoms with Crippen molar-refractivity contribution in [1.82, 2.24) is 0 Å². The van der Waals surface area contributed by atoms with E-state index in [9.17, 15) is 9.59 Å². The molecule has 1 aromatic rings. The topological polar surface area (TPSA) is 82.1 Å². The lowest BCUT2D eigenvalue weighted by molar-refractivity contribution is -0.380. The fourth-order valence-corrected chi connectivity index (χ4v) is 1.73. The van der Waals surface area contributed by atoms with Crippen LogP contribution in [0.1, 0.15) is 5.56 Å². The molecular weight excluding hydrogens is 240 g/mol. The van der Waals surface area contributed by atoms with Gasteiger partial charge >= 0.3 is 17.7 Å². The van der Waals surface area contributed by atoms with Crippen molar-refractivity contribution >= 4 is 11.9 Å². The molecule has 18 heavy (non-hydrogen) atoms. The molecule has 6 heteroatoms. The number of ether oxygens (including phenoxy) is 2. The highest BCUT2D eigenvalue weighted by molar-refractivity contribution is 6.01. The summed E-state index contributed by atoms with van der Waals surface area (Å²) in [4.78, 5) is 27.2. The minimum absolute atomic E-state index is 0.219. The SMILES string of the molecule is COC(=O)C1=CC(=O)O[C@@]1(OO)c1ccccc1. The standard InChI is InChI=1S/C12H10O6/c1-16-11(14)9-7-10(13)17-12(9,18-15)8-5-3-2-4-6-8/h2-7,15H,1H3/t12-/m1/s1. The first-order valence-electron chi connectivity index (χ1n) is 5.05. The zero-order valence-corrected chi connectivity index (χ0v) is 9.45. The average Bonchev–Trinajstić information content (AvgIpc) is 2.77. The second-order valence-corrected chi connectivity index (χ2v) is 3.54. The molecule has 0 aromatic heterocycles. The molecule has 0 saturated carbocycles. The fraction of sp³-hybridized carbons (Fsp3) is 0.167. The summed E-state index contributed by atoms with van der Waals surface area (Å²) in [6.07, 6.45) is 0.926. The summed E-state index contributed by atoms with van der Waals surface area (Å²) in [5.41, 5.74) is 0.0821. The molecule has 94 valence electrons. The number of cyclic esters (lactones) is 1. The van der Waals surface area contributed by atoms with Crippen molar-refractivity contribution < 1.29 is 29.2 Å². The van der Waals surface area contributed by atoms with Gasteiger partial charge in [0.15, 0.2) is 0 Å². The van der Waals surface area contributed by atoms with E-state index in [1.54, 1.807) is 30.3 Å². The number of rotatable bonds is 3. The molecule has 1 atom stereocenters. The molecule has 1 N–H and O–H groups in total. The van der Waals surface area contributed by atoms with Crippen LogP contribution in [0.25, 0.3) is 0 Å². The Labute approximate surface area is 102 Å². The summed E-state index contributed by atoms with van der Waals surface area (Å²) in [7, 11) is 1.15. The van der Waals surface area contributed by atoms with Crippen LogP contribution in [0.4, 0.5) is 0 Å². The molecule has 0 fully saturated rings. The largest absolute Gasteiger partial charge is 0.465 e. The number of hydrogen-bond donors (Lipinski definition) is 1. The monoisotopic (exact) mass is 250 g/mol. The van der Waals surface area contributed by atoms with Crippen LogP contribution in [0.15, 0.2) is 42.0 Å². The molecule has 1 aliphatic heterocycles. The van der Waals surface area contributed by atoms with Gasteiger partial charge < -0.3 is 9.47 Å². The van der Waals surface area contributed by atoms with E-state index in [-0.39, 0.29) is 5.57 Å². The number of methoxy groups -OCH3 is 1. The van der Waals surface area contributed by atoms with E-state index < -0.39 is 17.7 Å². The lowest BCUT2D eigenvalue weighted by Gasteiger charge is -2.26. The van der Waals surface area contributed by atoms with E-state index in [0.29, 0.717) is 5.56 Å². The Morgan fingerprint density at radius 2 is 2.00 bits per heavy atom. The molecule has 1 heterocycles. The first-order valence-corrected chi connectivity index (χ1v) is 5.05. The molecule has 0 amide bonds. The fourth-order valence-electron chi connectivity index (χ4n) is 1.73. The van der Waals surface area contributed by atoms with Crippen LogP contribution in [-0.2, 0) is 29.7 Å². The summed E-state index contributed by atoms with van der Waals surface area (Å²) in [5.74, 6) is -3.59. The predicted octanol–water partition coefficient (Wildman–Crippen LogP) is 0.985. The number of hydrogen-bond acceptors (Lipinski definition) is 6. The molecular formula is C12H10O6. The first-order chi connectivity index (χ1) is 8.64. The van der Waals surface area contributed by atoms with Crippen LogP contribution >= 0.6 is 0 Å². The highest BCUT2D eigenvalue weighted by Gasteiger charge is 2.51. The van der Waals surface area contributed by atoms with Crippen LogP contribution in [0.2, 0.25) is 0 Å². The smallest absolute Gasteiger partial charge is 0.341 e. The van der Waals surface area contributed by atoms with E-state index in [1.807, 2.05) is 0 Å². The average molecular weight is 250 g/mol. The molecule has 1 aliphatic rings. The lowest BCUT2D eigenvalue weighted by Crippen LogP contribution is -2.35. The summed E-state index contributed by atoms with van der Waals surface area (Å²) in [6, 6.07) is 8.12. The second-order valence-electron chi connectivity index (χ2n) is 3.54. The zero-order valence-electron chi connectivity index (χ0n) is 9.45. The van der Waals surface area contributed by atoms with Crippen molar-refractivity contribution in [3.05, 3.63) is 47.5 Å². The molecule has 0 radical (unpaired) electrons. The van der Waals surface area contributed by atoms with Gasteiger partial charge in [0.1, 0.15) is 5.57 Å². The molecule has 0 saturated heterocycles. The molecule has 0 bridgehead atoms. The van der Waals surface area contributed by atoms with Crippen LogP contribution in [0.3, 0.4) is 0 Å². The van der Waals surface area contributed by atoms with Gasteiger partial charge in [-0.2, -0.15) is 4.89 Å². The minimum Gasteiger partial charge on any atom is -0.465 e. The van der Waals surface area contributed by atoms with E-state index >= 15 is 0 Å². The Hall–Kier alpha value is -2.18. The number of benzene rings is 1. The van der Waals surface area contributed by atoms with Gasteiger partial charge in [-0.15, -0.1) is 0 Å². The Morgan fingerprint density at radius 1 is 1.33 bits per heavy atom. The Balaban J connectivity index is 2.53. The minimum atomic E-state index is -1.97. The predicted molar refractivity (Wildman–Crippen MR) is 58.0 cm³/mol. The van der Waals surface area contributed by atoms with Crippen molar-refractivity contribution in [2.24, 2.45) is 0 Å². The van der Waals surface area contributed by atoms with Gasteiger partial charge in [-0.1, -0.05) is 30.3 Å². The zero-order chi connectivity index (χ0) is 13.2. The maximum Gasteiger partial charge on any atom is 0.341 e. The van der Waals surface area contributed by atoms with Gasteiger partial charge in [-0.3, -0.25) is 0 Å². The third kappa shape index (κ3) is 1.77. The van der Waals surface area contributed by atoms with Gasteiger partial charge in [0.05, 0.1) is 7.11 Å². The molecule has 6 nitrogen and oxygen atoms in total. The third-order valence-electron chi connectivity index (χ3n) is 2.55. The van der Waals surface area contributed by atoms with Gasteiger partial charge in [-0.25, -0.2) is 14.8 Å². The van der Waals surface area contributed by atoms with Gasteiger partial charge in [-0.05, 0) is 0 Å². The molecule has 0 spiro atoms. The van der Waals surface area contributed by atoms with Crippen LogP contribution in [0, 0.1) is 0 Å². The first kappa shape index (κ1) is 12.3. The molecule has 0 unspecified atom stereocenters. The van der Waals surface area contributed by atoms with Gasteiger partial charge in [0, 0.05) is 11.6 Å². The highest BCUT2D eigenvalue weighted by atomic mass is 17.1. The Morgan fingerprint density at radius 3 is 2.56 bits per heavy atom. The Kier molecular flexibility index (Phi) is 3.14. The van der Waals surface area contributed by atoms with Gasteiger partial charge in [0.2, 0.25) is 0 Å². The van der Waals surface area contributed by atoms with E-state index in [2.05, 4.69) is 9.62 Å². The van der Waals surface area contributed by atoms with Crippen molar-refractivity contribution in [3.8, 4) is 0 Å². The Bertz CT molecular complexity index is 507. The van der Waals surface area contributed by atoms with E-state index in [1.165, 1.54) is 0 Å². The van der Waals surface area contributed by atoms with Crippen molar-refractivity contribution in [1.29, 1.82) is 0 Å². The maximum atomic E-state index is 11.6. The lowest BCUT2D eigenvalue weighted by atomic mass is 9.98. The second kappa shape index (κ2) is 4.59. The summed E-state index contributed by atoms with van der Waals surface area (Å²) < 4.78 is 9.45. The summed E-state index contributed by atoms with van der Waals surface area (Å²) in [6.45, 7) is 0. The molecule has 2 rings (SSSR count). The maximum absolute atomic E-state index is 11.6. The molecule has 0 aliphatic carbocycles. The number of carbonyl (C=O) groups excluding carboxylic acids is 2. The summed E-state index contributed by atoms with van der Waals surface area (Å²) in [5, 5.41) is 9.08. The van der Waals surface area contributed by atoms with Crippen LogP contribution in [0.5, 0.6) is 0 Å². The van der Waals surface area contributed by atoms with Crippen LogP contribution in [-0.4, -0.2) is 24.3 Å².